The third kappa shape index (κ3) is 19.8. The number of aromatic amines is 3. The molecule has 696 valence electrons. The van der Waals surface area contributed by atoms with E-state index >= 15 is 0 Å². The Morgan fingerprint density at radius 1 is 0.642 bits per heavy atom. The van der Waals surface area contributed by atoms with E-state index in [4.69, 9.17) is 11.5 Å². The molecule has 10 aromatic carbocycles. The van der Waals surface area contributed by atoms with Crippen molar-refractivity contribution in [3.63, 3.8) is 0 Å². The highest BCUT2D eigenvalue weighted by Gasteiger charge is 2.43. The van der Waals surface area contributed by atoms with Crippen LogP contribution in [0.2, 0.25) is 0 Å². The van der Waals surface area contributed by atoms with Crippen LogP contribution in [0, 0.1) is 29.2 Å². The van der Waals surface area contributed by atoms with Gasteiger partial charge in [-0.3, -0.25) is 43.3 Å². The predicted octanol–water partition coefficient (Wildman–Crippen LogP) is 13.9. The van der Waals surface area contributed by atoms with Crippen LogP contribution in [0.1, 0.15) is 183 Å². The molecule has 2 aliphatic carbocycles. The van der Waals surface area contributed by atoms with Gasteiger partial charge in [-0.1, -0.05) is 103 Å². The first-order chi connectivity index (χ1) is 66.4. The van der Waals surface area contributed by atoms with E-state index in [1.54, 1.807) is 81.3 Å². The summed E-state index contributed by atoms with van der Waals surface area (Å²) in [7, 11) is 3.82. The van der Waals surface area contributed by atoms with Crippen molar-refractivity contribution in [3.05, 3.63) is 359 Å². The van der Waals surface area contributed by atoms with Gasteiger partial charge in [0.05, 0.1) is 85.0 Å². The van der Waals surface area contributed by atoms with Crippen molar-refractivity contribution in [3.8, 4) is 5.69 Å². The number of rotatable bonds is 14. The molecule has 23 rings (SSSR count). The molecule has 15 aromatic rings. The number of nitrogens with two attached hydrogens (primary N) is 2. The number of imidazole rings is 2. The zero-order valence-corrected chi connectivity index (χ0v) is 75.5. The van der Waals surface area contributed by atoms with Gasteiger partial charge in [-0.15, -0.1) is 0 Å². The molecule has 0 unspecified atom stereocenters. The van der Waals surface area contributed by atoms with E-state index in [1.165, 1.54) is 77.8 Å². The number of aromatic nitrogens is 10. The Labute approximate surface area is 783 Å². The largest absolute Gasteiger partial charge is 0.376 e. The number of primary amides is 2. The van der Waals surface area contributed by atoms with Crippen LogP contribution in [0.25, 0.3) is 60.4 Å². The number of allylic oxidation sites excluding steroid dienone is 1. The van der Waals surface area contributed by atoms with E-state index in [0.717, 1.165) is 125 Å². The van der Waals surface area contributed by atoms with Crippen molar-refractivity contribution in [1.82, 2.24) is 80.5 Å². The third-order valence-corrected chi connectivity index (χ3v) is 26.3. The van der Waals surface area contributed by atoms with E-state index in [9.17, 15) is 55.9 Å². The number of para-hydroxylation sites is 2. The first kappa shape index (κ1) is 91.9. The SMILES string of the molecule is CNCc1ccc(C2=C3CCNC(=O)c4cc(F)cc(c43)C2)cc1.C[C@]1(c2nc3c(C(N)=O)cccc3[nH]2)CCCN1.Cn1ccnc1[C@H]1C2=NCC(=O)c3cc(F)cc(c32)N[C@@H]1c1ccc(F)cc1.NC(=O)c1cccc2cn(-c3ccc([C@@H]4CCCNC4)cc3)nc12.O=C(c1cc(Cc2n[nH]c(=O)c3ccccc23)ccc1F)N1CCN(C(=O)C2CC2)CC1.O=c1[nH]cnc2ccccc12. The Balaban J connectivity index is 0.000000112. The number of carbonyl (C=O) groups excluding carboxylic acids is 6. The fraction of sp³-hybridized carbons (Fsp3) is 0.257. The van der Waals surface area contributed by atoms with Crippen LogP contribution in [-0.2, 0) is 36.8 Å². The van der Waals surface area contributed by atoms with Gasteiger partial charge in [-0.05, 0) is 231 Å². The minimum atomic E-state index is -0.575. The van der Waals surface area contributed by atoms with Crippen LogP contribution < -0.4 is 49.2 Å². The van der Waals surface area contributed by atoms with Gasteiger partial charge in [0.25, 0.3) is 34.7 Å². The quantitative estimate of drug-likeness (QED) is 0.0452. The number of hydrogen-bond donors (Lipinski definition) is 10. The summed E-state index contributed by atoms with van der Waals surface area (Å²) < 4.78 is 59.9. The summed E-state index contributed by atoms with van der Waals surface area (Å²) in [4.78, 5) is 123. The molecule has 1 saturated carbocycles. The highest BCUT2D eigenvalue weighted by Crippen LogP contribution is 2.47. The molecular weight excluding hydrogens is 1750 g/mol. The van der Waals surface area contributed by atoms with Crippen molar-refractivity contribution >= 4 is 101 Å². The average molecular weight is 1850 g/mol. The Morgan fingerprint density at radius 3 is 2.06 bits per heavy atom. The van der Waals surface area contributed by atoms with Crippen molar-refractivity contribution in [1.29, 1.82) is 0 Å². The fourth-order valence-electron chi connectivity index (χ4n) is 19.1. The summed E-state index contributed by atoms with van der Waals surface area (Å²) in [6, 6.07) is 58.2. The summed E-state index contributed by atoms with van der Waals surface area (Å²) in [6.07, 6.45) is 15.2. The minimum Gasteiger partial charge on any atom is -0.376 e. The number of anilines is 1. The monoisotopic (exact) mass is 1840 g/mol. The molecular formula is C105H100F4N20O8. The minimum absolute atomic E-state index is 0.0122. The number of piperazine rings is 1. The Bertz CT molecular complexity index is 7360. The van der Waals surface area contributed by atoms with E-state index in [0.29, 0.717) is 118 Å². The predicted molar refractivity (Wildman–Crippen MR) is 517 cm³/mol. The lowest BCUT2D eigenvalue weighted by Gasteiger charge is -2.38. The summed E-state index contributed by atoms with van der Waals surface area (Å²) in [5.41, 5.74) is 28.0. The van der Waals surface area contributed by atoms with Gasteiger partial charge < -0.3 is 62.4 Å². The molecule has 6 aliphatic heterocycles. The zero-order valence-electron chi connectivity index (χ0n) is 75.5. The lowest BCUT2D eigenvalue weighted by molar-refractivity contribution is -0.134. The van der Waals surface area contributed by atoms with Gasteiger partial charge in [-0.25, -0.2) is 42.3 Å². The van der Waals surface area contributed by atoms with Crippen molar-refractivity contribution in [2.24, 2.45) is 29.4 Å². The second-order valence-corrected chi connectivity index (χ2v) is 35.4. The van der Waals surface area contributed by atoms with Gasteiger partial charge in [0.15, 0.2) is 5.78 Å². The molecule has 3 saturated heterocycles. The van der Waals surface area contributed by atoms with E-state index in [-0.39, 0.29) is 81.8 Å². The summed E-state index contributed by atoms with van der Waals surface area (Å²) >= 11 is 0. The number of fused-ring (bicyclic) bond motifs is 4. The number of benzene rings is 10. The Morgan fingerprint density at radius 2 is 1.35 bits per heavy atom. The van der Waals surface area contributed by atoms with Gasteiger partial charge in [0.2, 0.25) is 5.91 Å². The highest BCUT2D eigenvalue weighted by atomic mass is 19.1. The van der Waals surface area contributed by atoms with Crippen LogP contribution >= 0.6 is 0 Å². The molecule has 0 bridgehead atoms. The molecule has 137 heavy (non-hydrogen) atoms. The topological polar surface area (TPSA) is 389 Å². The van der Waals surface area contributed by atoms with Gasteiger partial charge in [0.1, 0.15) is 52.5 Å². The second-order valence-electron chi connectivity index (χ2n) is 35.4. The fourth-order valence-corrected chi connectivity index (χ4v) is 19.1. The van der Waals surface area contributed by atoms with Gasteiger partial charge in [0, 0.05) is 111 Å². The van der Waals surface area contributed by atoms with Crippen LogP contribution in [0.5, 0.6) is 0 Å². The molecule has 11 heterocycles. The number of piperidine rings is 1. The summed E-state index contributed by atoms with van der Waals surface area (Å²) in [5.74, 6) is -1.13. The standard InChI is InChI=1S/C24H23FN4O3.C21H16F2N4O.C20H19FN2O.C19H20N4O.C13H16N4O.C8H6N2O/c25-20-8-5-15(14-21-17-3-1-2-4-18(17)22(30)27-26-21)13-19(20)24(32)29-11-9-28(10-12-29)23(31)16-6-7-16;1-27-7-6-24-21(27)18-19(11-2-4-12(22)5-3-11)26-15-9-13(23)8-14-16(28)10-25-20(18)17(14)15;1-22-11-12-2-4-13(5-3-12)17-9-14-8-15(21)10-18-19(14)16(17)6-7-23-20(18)24;20-19(24)17-5-1-3-15-12-23(22-18(15)17)16-8-6-13(7-9-16)14-4-2-10-21-11-14;1-13(6-3-7-15-13)12-16-9-5-2-4-8(11(14)18)10(9)17-12;11-8-6-3-1-2-4-7(6)9-5-10-8/h1-5,8,13,16H,6-7,9-12,14H2,(H,27,30);2-9,18-19,26H,10H2,1H3;2-5,8,10,22H,6-7,9,11H2,1H3,(H,23,24);1,3,5-9,12,14,21H,2,4,10-11H2,(H2,20,24);2,4-5,15H,3,6-7H2,1H3,(H2,14,18)(H,16,17);1-5H,(H,9,10,11)/t;18-,19-;;14-;13-;/m.1.11./s1. The molecule has 0 spiro atoms. The number of halogens is 4. The number of H-pyrrole nitrogens is 3. The normalized spacial score (nSPS) is 17.9. The molecule has 4 atom stereocenters. The Kier molecular flexibility index (Phi) is 26.8. The van der Waals surface area contributed by atoms with Crippen LogP contribution in [0.15, 0.2) is 240 Å². The number of nitrogens with one attached hydrogen (secondary N) is 8. The number of nitrogens with zero attached hydrogens (tertiary/aromatic N) is 10. The zero-order chi connectivity index (χ0) is 95.3. The second kappa shape index (κ2) is 39.9. The maximum absolute atomic E-state index is 14.6. The van der Waals surface area contributed by atoms with Gasteiger partial charge >= 0.3 is 0 Å². The summed E-state index contributed by atoms with van der Waals surface area (Å²) in [6.45, 7) is 8.45. The molecule has 28 nitrogen and oxygen atoms in total. The third-order valence-electron chi connectivity index (χ3n) is 26.3. The molecule has 12 N–H and O–H groups in total. The first-order valence-corrected chi connectivity index (χ1v) is 45.8. The number of amides is 5. The number of carbonyl (C=O) groups is 6. The van der Waals surface area contributed by atoms with Crippen LogP contribution in [0.3, 0.4) is 0 Å². The van der Waals surface area contributed by atoms with E-state index < -0.39 is 23.4 Å². The molecule has 4 fully saturated rings. The van der Waals surface area contributed by atoms with Crippen molar-refractivity contribution in [2.45, 2.75) is 94.7 Å². The molecule has 8 aliphatic rings. The van der Waals surface area contributed by atoms with E-state index in [1.807, 2.05) is 85.7 Å². The average Bonchev–Trinajstić information content (AvgIpc) is 1.77. The van der Waals surface area contributed by atoms with Crippen LogP contribution in [-0.4, -0.2) is 166 Å². The lowest BCUT2D eigenvalue weighted by Crippen LogP contribution is -2.51. The van der Waals surface area contributed by atoms with E-state index in [2.05, 4.69) is 127 Å². The molecule has 0 radical (unpaired) electrons. The number of aryl methyl sites for hydroxylation is 1. The van der Waals surface area contributed by atoms with Crippen molar-refractivity contribution in [2.75, 3.05) is 71.3 Å². The molecule has 32 heteroatoms. The molecule has 5 amide bonds. The van der Waals surface area contributed by atoms with Gasteiger partial charge in [-0.2, -0.15) is 10.2 Å². The first-order valence-electron chi connectivity index (χ1n) is 45.8. The van der Waals surface area contributed by atoms with Crippen molar-refractivity contribution < 1.29 is 46.3 Å². The Hall–Kier alpha value is -15.5. The maximum Gasteiger partial charge on any atom is 0.272 e. The van der Waals surface area contributed by atoms with Crippen LogP contribution in [0.4, 0.5) is 23.2 Å². The highest BCUT2D eigenvalue weighted by molar-refractivity contribution is 6.21. The number of ketones is 1. The number of Topliss-reactive ketones (excluding diaryl/α,β-unsaturated/α-hetero) is 1. The number of hydrogen-bond acceptors (Lipinski definition) is 18. The molecule has 5 aromatic heterocycles. The number of aliphatic imine (C=N–C) groups is 1. The lowest BCUT2D eigenvalue weighted by atomic mass is 9.78. The summed E-state index contributed by atoms with van der Waals surface area (Å²) in [5, 5.41) is 30.3. The smallest absolute Gasteiger partial charge is 0.272 e. The maximum atomic E-state index is 14.6.